The number of hydrogen-bond donors (Lipinski definition) is 2. The van der Waals surface area contributed by atoms with E-state index in [1.807, 2.05) is 11.3 Å². The fourth-order valence-corrected chi connectivity index (χ4v) is 5.65. The second-order valence-electron chi connectivity index (χ2n) is 7.57. The molecule has 0 radical (unpaired) electrons. The Morgan fingerprint density at radius 3 is 2.93 bits per heavy atom. The number of thiophene rings is 1. The molecule has 1 aliphatic heterocycles. The van der Waals surface area contributed by atoms with E-state index in [9.17, 15) is 13.2 Å². The molecule has 2 N–H and O–H groups in total. The molecule has 6 nitrogen and oxygen atoms in total. The molecule has 1 fully saturated rings. The lowest BCUT2D eigenvalue weighted by Crippen LogP contribution is -2.44. The molecule has 0 bridgehead atoms. The van der Waals surface area contributed by atoms with E-state index in [0.717, 1.165) is 32.4 Å². The summed E-state index contributed by atoms with van der Waals surface area (Å²) in [6, 6.07) is 8.66. The lowest BCUT2D eigenvalue weighted by molar-refractivity contribution is 0.0932. The van der Waals surface area contributed by atoms with Crippen LogP contribution in [0.5, 0.6) is 0 Å². The van der Waals surface area contributed by atoms with Crippen molar-refractivity contribution in [3.05, 3.63) is 51.7 Å². The summed E-state index contributed by atoms with van der Waals surface area (Å²) in [5.74, 6) is -0.247. The van der Waals surface area contributed by atoms with E-state index in [1.54, 1.807) is 12.1 Å². The van der Waals surface area contributed by atoms with Crippen LogP contribution in [0.25, 0.3) is 0 Å². The number of benzene rings is 1. The normalized spacial score (nSPS) is 18.5. The Kier molecular flexibility index (Phi) is 5.55. The summed E-state index contributed by atoms with van der Waals surface area (Å²) in [4.78, 5) is 16.5. The highest BCUT2D eigenvalue weighted by molar-refractivity contribution is 7.89. The highest BCUT2D eigenvalue weighted by Crippen LogP contribution is 2.25. The van der Waals surface area contributed by atoms with Gasteiger partial charge in [0, 0.05) is 42.2 Å². The standard InChI is InChI=1S/C20H25N3O3S2/c1-14(23-9-7-19-16(13-23)8-10-27-19)12-21-20(24)15-3-2-4-18(11-15)28(25,26)22-17-5-6-17/h2-4,8,10-11,14,17,22H,5-7,9,12-13H2,1H3,(H,21,24). The van der Waals surface area contributed by atoms with Gasteiger partial charge in [0.2, 0.25) is 10.0 Å². The molecule has 150 valence electrons. The monoisotopic (exact) mass is 419 g/mol. The van der Waals surface area contributed by atoms with Crippen molar-refractivity contribution in [2.45, 2.75) is 49.7 Å². The molecule has 1 aromatic heterocycles. The minimum Gasteiger partial charge on any atom is -0.350 e. The third-order valence-electron chi connectivity index (χ3n) is 5.32. The summed E-state index contributed by atoms with van der Waals surface area (Å²) in [6.45, 7) is 4.54. The van der Waals surface area contributed by atoms with E-state index < -0.39 is 10.0 Å². The number of fused-ring (bicyclic) bond motifs is 1. The zero-order valence-electron chi connectivity index (χ0n) is 15.8. The van der Waals surface area contributed by atoms with Crippen LogP contribution in [0.4, 0.5) is 0 Å². The first kappa shape index (κ1) is 19.6. The maximum absolute atomic E-state index is 12.6. The van der Waals surface area contributed by atoms with E-state index >= 15 is 0 Å². The molecule has 1 aromatic carbocycles. The maximum Gasteiger partial charge on any atom is 0.251 e. The fraction of sp³-hybridized carbons (Fsp3) is 0.450. The lowest BCUT2D eigenvalue weighted by atomic mass is 10.1. The molecular formula is C20H25N3O3S2. The van der Waals surface area contributed by atoms with Gasteiger partial charge in [0.15, 0.2) is 0 Å². The molecule has 0 spiro atoms. The van der Waals surface area contributed by atoms with Crippen LogP contribution in [0.15, 0.2) is 40.6 Å². The Bertz CT molecular complexity index is 967. The number of hydrogen-bond acceptors (Lipinski definition) is 5. The van der Waals surface area contributed by atoms with Crippen LogP contribution in [0.1, 0.15) is 40.6 Å². The third-order valence-corrected chi connectivity index (χ3v) is 7.87. The van der Waals surface area contributed by atoms with Gasteiger partial charge < -0.3 is 5.32 Å². The van der Waals surface area contributed by atoms with Gasteiger partial charge in [-0.25, -0.2) is 13.1 Å². The molecule has 1 amide bonds. The van der Waals surface area contributed by atoms with Crippen molar-refractivity contribution in [3.63, 3.8) is 0 Å². The minimum atomic E-state index is -3.56. The van der Waals surface area contributed by atoms with Crippen molar-refractivity contribution >= 4 is 27.3 Å². The van der Waals surface area contributed by atoms with Gasteiger partial charge in [-0.2, -0.15) is 0 Å². The number of sulfonamides is 1. The van der Waals surface area contributed by atoms with Crippen molar-refractivity contribution in [2.24, 2.45) is 0 Å². The molecule has 1 atom stereocenters. The van der Waals surface area contributed by atoms with Crippen molar-refractivity contribution in [1.82, 2.24) is 14.9 Å². The second-order valence-corrected chi connectivity index (χ2v) is 10.3. The fourth-order valence-electron chi connectivity index (χ4n) is 3.41. The number of nitrogens with one attached hydrogen (secondary N) is 2. The predicted molar refractivity (Wildman–Crippen MR) is 110 cm³/mol. The maximum atomic E-state index is 12.6. The zero-order valence-corrected chi connectivity index (χ0v) is 17.5. The summed E-state index contributed by atoms with van der Waals surface area (Å²) in [5, 5.41) is 5.09. The van der Waals surface area contributed by atoms with E-state index in [1.165, 1.54) is 22.6 Å². The van der Waals surface area contributed by atoms with Gasteiger partial charge >= 0.3 is 0 Å². The molecule has 0 saturated heterocycles. The van der Waals surface area contributed by atoms with Crippen molar-refractivity contribution in [3.8, 4) is 0 Å². The van der Waals surface area contributed by atoms with Gasteiger partial charge in [-0.1, -0.05) is 6.07 Å². The Labute approximate surface area is 170 Å². The van der Waals surface area contributed by atoms with Crippen LogP contribution in [-0.4, -0.2) is 44.4 Å². The van der Waals surface area contributed by atoms with Crippen molar-refractivity contribution < 1.29 is 13.2 Å². The molecule has 1 aliphatic carbocycles. The Morgan fingerprint density at radius 2 is 2.14 bits per heavy atom. The summed E-state index contributed by atoms with van der Waals surface area (Å²) >= 11 is 1.81. The van der Waals surface area contributed by atoms with Crippen molar-refractivity contribution in [2.75, 3.05) is 13.1 Å². The molecule has 8 heteroatoms. The highest BCUT2D eigenvalue weighted by Gasteiger charge is 2.28. The zero-order chi connectivity index (χ0) is 19.7. The molecule has 1 unspecified atom stereocenters. The number of nitrogens with zero attached hydrogens (tertiary/aromatic N) is 1. The number of amides is 1. The van der Waals surface area contributed by atoms with E-state index in [0.29, 0.717) is 12.1 Å². The molecule has 2 heterocycles. The van der Waals surface area contributed by atoms with E-state index in [4.69, 9.17) is 0 Å². The minimum absolute atomic E-state index is 0.0385. The molecule has 4 rings (SSSR count). The largest absolute Gasteiger partial charge is 0.350 e. The summed E-state index contributed by atoms with van der Waals surface area (Å²) in [7, 11) is -3.56. The van der Waals surface area contributed by atoms with Crippen molar-refractivity contribution in [1.29, 1.82) is 0 Å². The quantitative estimate of drug-likeness (QED) is 0.722. The summed E-state index contributed by atoms with van der Waals surface area (Å²) in [6.07, 6.45) is 2.81. The smallest absolute Gasteiger partial charge is 0.251 e. The van der Waals surface area contributed by atoms with Crippen LogP contribution in [0.2, 0.25) is 0 Å². The number of rotatable bonds is 7. The van der Waals surface area contributed by atoms with Gasteiger partial charge in [0.1, 0.15) is 0 Å². The van der Waals surface area contributed by atoms with Gasteiger partial charge in [-0.3, -0.25) is 9.69 Å². The third kappa shape index (κ3) is 4.46. The second kappa shape index (κ2) is 7.94. The predicted octanol–water partition coefficient (Wildman–Crippen LogP) is 2.37. The molecule has 1 saturated carbocycles. The van der Waals surface area contributed by atoms with Crippen LogP contribution in [0.3, 0.4) is 0 Å². The Balaban J connectivity index is 1.35. The Hall–Kier alpha value is -1.74. The van der Waals surface area contributed by atoms with E-state index in [-0.39, 0.29) is 22.9 Å². The number of carbonyl (C=O) groups is 1. The first-order valence-corrected chi connectivity index (χ1v) is 12.0. The topological polar surface area (TPSA) is 78.5 Å². The lowest BCUT2D eigenvalue weighted by Gasteiger charge is -2.32. The first-order valence-electron chi connectivity index (χ1n) is 9.62. The van der Waals surface area contributed by atoms with Crippen LogP contribution in [0, 0.1) is 0 Å². The molecule has 28 heavy (non-hydrogen) atoms. The molecular weight excluding hydrogens is 394 g/mol. The van der Waals surface area contributed by atoms with Crippen LogP contribution in [-0.2, 0) is 23.0 Å². The molecule has 2 aliphatic rings. The van der Waals surface area contributed by atoms with Gasteiger partial charge in [-0.15, -0.1) is 11.3 Å². The van der Waals surface area contributed by atoms with Gasteiger partial charge in [0.05, 0.1) is 4.90 Å². The summed E-state index contributed by atoms with van der Waals surface area (Å²) < 4.78 is 27.4. The average molecular weight is 420 g/mol. The summed E-state index contributed by atoms with van der Waals surface area (Å²) in [5.41, 5.74) is 1.75. The molecule has 2 aromatic rings. The van der Waals surface area contributed by atoms with Gasteiger partial charge in [-0.05, 0) is 61.4 Å². The highest BCUT2D eigenvalue weighted by atomic mass is 32.2. The Morgan fingerprint density at radius 1 is 1.32 bits per heavy atom. The first-order chi connectivity index (χ1) is 13.4. The van der Waals surface area contributed by atoms with E-state index in [2.05, 4.69) is 33.3 Å². The average Bonchev–Trinajstić information content (AvgIpc) is 3.37. The number of carbonyl (C=O) groups excluding carboxylic acids is 1. The van der Waals surface area contributed by atoms with Crippen LogP contribution >= 0.6 is 11.3 Å². The van der Waals surface area contributed by atoms with Crippen LogP contribution < -0.4 is 10.0 Å². The van der Waals surface area contributed by atoms with Gasteiger partial charge in [0.25, 0.3) is 5.91 Å². The SMILES string of the molecule is CC(CNC(=O)c1cccc(S(=O)(=O)NC2CC2)c1)N1CCc2sccc2C1.